The Morgan fingerprint density at radius 3 is 2.33 bits per heavy atom. The predicted molar refractivity (Wildman–Crippen MR) is 68.2 cm³/mol. The molecule has 2 amide bonds. The van der Waals surface area contributed by atoms with Gasteiger partial charge in [-0.15, -0.1) is 0 Å². The molecule has 1 aliphatic carbocycles. The molecule has 4 N–H and O–H groups in total. The number of anilines is 1. The molecule has 0 spiro atoms. The maximum Gasteiger partial charge on any atom is 0.237 e. The fourth-order valence-electron chi connectivity index (χ4n) is 1.83. The van der Waals surface area contributed by atoms with Crippen LogP contribution < -0.4 is 11.5 Å². The highest BCUT2D eigenvalue weighted by atomic mass is 16.2. The first-order valence-electron chi connectivity index (χ1n) is 5.98. The third-order valence-corrected chi connectivity index (χ3v) is 2.94. The molecule has 0 aromatic heterocycles. The van der Waals surface area contributed by atoms with Crippen LogP contribution in [-0.4, -0.2) is 23.3 Å². The fraction of sp³-hybridized carbons (Fsp3) is 0.385. The van der Waals surface area contributed by atoms with Crippen LogP contribution in [0.2, 0.25) is 0 Å². The molecule has 0 heterocycles. The number of carbonyl (C=O) groups excluding carboxylic acids is 2. The first-order valence-corrected chi connectivity index (χ1v) is 5.98. The summed E-state index contributed by atoms with van der Waals surface area (Å²) in [5.41, 5.74) is 12.4. The number of benzene rings is 1. The molecule has 5 heteroatoms. The average Bonchev–Trinajstić information content (AvgIpc) is 3.13. The SMILES string of the molecule is NC(=O)CN(Cc1ccc(N)cc1)C(=O)C1CC1. The highest BCUT2D eigenvalue weighted by molar-refractivity contribution is 5.86. The van der Waals surface area contributed by atoms with Crippen molar-refractivity contribution in [3.63, 3.8) is 0 Å². The van der Waals surface area contributed by atoms with E-state index < -0.39 is 5.91 Å². The van der Waals surface area contributed by atoms with Crippen LogP contribution >= 0.6 is 0 Å². The van der Waals surface area contributed by atoms with E-state index in [0.717, 1.165) is 18.4 Å². The van der Waals surface area contributed by atoms with Gasteiger partial charge in [-0.05, 0) is 30.5 Å². The molecule has 1 fully saturated rings. The summed E-state index contributed by atoms with van der Waals surface area (Å²) in [6.07, 6.45) is 1.83. The van der Waals surface area contributed by atoms with Gasteiger partial charge >= 0.3 is 0 Å². The molecule has 1 aliphatic rings. The molecule has 96 valence electrons. The second-order valence-electron chi connectivity index (χ2n) is 4.68. The van der Waals surface area contributed by atoms with Crippen LogP contribution in [0.4, 0.5) is 5.69 Å². The van der Waals surface area contributed by atoms with Crippen molar-refractivity contribution in [3.05, 3.63) is 29.8 Å². The zero-order valence-corrected chi connectivity index (χ0v) is 10.1. The summed E-state index contributed by atoms with van der Waals surface area (Å²) in [5, 5.41) is 0. The number of amides is 2. The molecule has 0 aliphatic heterocycles. The lowest BCUT2D eigenvalue weighted by Crippen LogP contribution is -2.38. The third kappa shape index (κ3) is 3.23. The number of hydrogen-bond donors (Lipinski definition) is 2. The summed E-state index contributed by atoms with van der Waals surface area (Å²) in [7, 11) is 0. The van der Waals surface area contributed by atoms with E-state index >= 15 is 0 Å². The highest BCUT2D eigenvalue weighted by Gasteiger charge is 2.33. The van der Waals surface area contributed by atoms with Gasteiger partial charge in [0.2, 0.25) is 11.8 Å². The Hall–Kier alpha value is -2.04. The van der Waals surface area contributed by atoms with Gasteiger partial charge in [-0.25, -0.2) is 0 Å². The van der Waals surface area contributed by atoms with Gasteiger partial charge in [0.05, 0.1) is 6.54 Å². The van der Waals surface area contributed by atoms with Crippen molar-refractivity contribution in [2.45, 2.75) is 19.4 Å². The minimum Gasteiger partial charge on any atom is -0.399 e. The third-order valence-electron chi connectivity index (χ3n) is 2.94. The Kier molecular flexibility index (Phi) is 3.50. The van der Waals surface area contributed by atoms with Crippen LogP contribution in [0.1, 0.15) is 18.4 Å². The Labute approximate surface area is 106 Å². The van der Waals surface area contributed by atoms with Gasteiger partial charge in [0.1, 0.15) is 0 Å². The van der Waals surface area contributed by atoms with E-state index in [9.17, 15) is 9.59 Å². The van der Waals surface area contributed by atoms with Crippen molar-refractivity contribution in [1.29, 1.82) is 0 Å². The summed E-state index contributed by atoms with van der Waals surface area (Å²) in [4.78, 5) is 24.5. The maximum absolute atomic E-state index is 12.0. The van der Waals surface area contributed by atoms with Crippen LogP contribution in [0.15, 0.2) is 24.3 Å². The van der Waals surface area contributed by atoms with Crippen LogP contribution in [0, 0.1) is 5.92 Å². The van der Waals surface area contributed by atoms with Gasteiger partial charge in [-0.2, -0.15) is 0 Å². The molecule has 0 radical (unpaired) electrons. The van der Waals surface area contributed by atoms with E-state index in [1.807, 2.05) is 12.1 Å². The van der Waals surface area contributed by atoms with E-state index in [4.69, 9.17) is 11.5 Å². The molecule has 18 heavy (non-hydrogen) atoms. The van der Waals surface area contributed by atoms with Gasteiger partial charge < -0.3 is 16.4 Å². The number of hydrogen-bond acceptors (Lipinski definition) is 3. The zero-order valence-electron chi connectivity index (χ0n) is 10.1. The monoisotopic (exact) mass is 247 g/mol. The predicted octanol–water partition coefficient (Wildman–Crippen LogP) is 0.493. The normalized spacial score (nSPS) is 14.2. The molecular weight excluding hydrogens is 230 g/mol. The Bertz CT molecular complexity index is 452. The minimum atomic E-state index is -0.487. The molecule has 0 bridgehead atoms. The molecule has 5 nitrogen and oxygen atoms in total. The van der Waals surface area contributed by atoms with E-state index in [2.05, 4.69) is 0 Å². The van der Waals surface area contributed by atoms with Crippen LogP contribution in [0.5, 0.6) is 0 Å². The van der Waals surface area contributed by atoms with E-state index in [0.29, 0.717) is 12.2 Å². The quantitative estimate of drug-likeness (QED) is 0.742. The second kappa shape index (κ2) is 5.08. The lowest BCUT2D eigenvalue weighted by Gasteiger charge is -2.21. The Morgan fingerprint density at radius 1 is 1.22 bits per heavy atom. The van der Waals surface area contributed by atoms with E-state index in [1.165, 1.54) is 4.90 Å². The smallest absolute Gasteiger partial charge is 0.237 e. The summed E-state index contributed by atoms with van der Waals surface area (Å²) in [6.45, 7) is 0.373. The maximum atomic E-state index is 12.0. The Balaban J connectivity index is 2.06. The molecule has 0 atom stereocenters. The van der Waals surface area contributed by atoms with Gasteiger partial charge in [0.15, 0.2) is 0 Å². The first kappa shape index (κ1) is 12.4. The van der Waals surface area contributed by atoms with Crippen molar-refractivity contribution in [3.8, 4) is 0 Å². The number of carbonyl (C=O) groups is 2. The highest BCUT2D eigenvalue weighted by Crippen LogP contribution is 2.31. The number of nitrogen functional groups attached to an aromatic ring is 1. The first-order chi connectivity index (χ1) is 8.56. The molecule has 1 aromatic carbocycles. The summed E-state index contributed by atoms with van der Waals surface area (Å²) in [6, 6.07) is 7.26. The zero-order chi connectivity index (χ0) is 13.1. The standard InChI is InChI=1S/C13H17N3O2/c14-11-5-1-9(2-6-11)7-16(8-12(15)17)13(18)10-3-4-10/h1-2,5-6,10H,3-4,7-8,14H2,(H2,15,17). The lowest BCUT2D eigenvalue weighted by atomic mass is 10.2. The average molecular weight is 247 g/mol. The van der Waals surface area contributed by atoms with Crippen LogP contribution in [-0.2, 0) is 16.1 Å². The van der Waals surface area contributed by atoms with Crippen molar-refractivity contribution in [2.24, 2.45) is 11.7 Å². The topological polar surface area (TPSA) is 89.4 Å². The molecule has 1 aromatic rings. The van der Waals surface area contributed by atoms with Gasteiger partial charge in [-0.1, -0.05) is 12.1 Å². The van der Waals surface area contributed by atoms with Crippen molar-refractivity contribution in [1.82, 2.24) is 4.90 Å². The van der Waals surface area contributed by atoms with Crippen molar-refractivity contribution in [2.75, 3.05) is 12.3 Å². The number of nitrogens with zero attached hydrogens (tertiary/aromatic N) is 1. The molecule has 2 rings (SSSR count). The van der Waals surface area contributed by atoms with E-state index in [1.54, 1.807) is 12.1 Å². The Morgan fingerprint density at radius 2 is 1.83 bits per heavy atom. The van der Waals surface area contributed by atoms with Crippen molar-refractivity contribution < 1.29 is 9.59 Å². The largest absolute Gasteiger partial charge is 0.399 e. The van der Waals surface area contributed by atoms with Crippen LogP contribution in [0.25, 0.3) is 0 Å². The number of nitrogens with two attached hydrogens (primary N) is 2. The summed E-state index contributed by atoms with van der Waals surface area (Å²) >= 11 is 0. The summed E-state index contributed by atoms with van der Waals surface area (Å²) in [5.74, 6) is -0.386. The number of primary amides is 1. The minimum absolute atomic E-state index is 0.0191. The molecule has 0 unspecified atom stereocenters. The lowest BCUT2D eigenvalue weighted by molar-refractivity contribution is -0.136. The van der Waals surface area contributed by atoms with Gasteiger partial charge in [0.25, 0.3) is 0 Å². The summed E-state index contributed by atoms with van der Waals surface area (Å²) < 4.78 is 0. The molecular formula is C13H17N3O2. The van der Waals surface area contributed by atoms with E-state index in [-0.39, 0.29) is 18.4 Å². The molecule has 1 saturated carbocycles. The van der Waals surface area contributed by atoms with Crippen LogP contribution in [0.3, 0.4) is 0 Å². The van der Waals surface area contributed by atoms with Gasteiger partial charge in [0, 0.05) is 18.2 Å². The second-order valence-corrected chi connectivity index (χ2v) is 4.68. The molecule has 0 saturated heterocycles. The fourth-order valence-corrected chi connectivity index (χ4v) is 1.83. The number of rotatable bonds is 5. The van der Waals surface area contributed by atoms with Crippen molar-refractivity contribution >= 4 is 17.5 Å². The van der Waals surface area contributed by atoms with Gasteiger partial charge in [-0.3, -0.25) is 9.59 Å².